The number of amides is 1. The third-order valence-corrected chi connectivity index (χ3v) is 6.72. The van der Waals surface area contributed by atoms with E-state index in [1.54, 1.807) is 6.20 Å². The van der Waals surface area contributed by atoms with Crippen LogP contribution in [-0.2, 0) is 15.6 Å². The molecule has 0 spiro atoms. The number of aromatic hydroxyl groups is 1. The molecule has 6 heteroatoms. The summed E-state index contributed by atoms with van der Waals surface area (Å²) in [5.41, 5.74) is 5.68. The summed E-state index contributed by atoms with van der Waals surface area (Å²) in [6.07, 6.45) is 1.67. The standard InChI is InChI=1S/C32H34N2O4/c1-31(2,3)23-11-7-19(8-12-23)22-15-21-16-25(20-9-13-24(14-10-20)32(4,5)6)29(37)27(28(21)33-17-22)30(38)34-18-26(35)36/h7-17,37H,18H2,1-6H3,(H,34,38)(H,35,36). The van der Waals surface area contributed by atoms with Crippen molar-refractivity contribution < 1.29 is 19.8 Å². The van der Waals surface area contributed by atoms with Gasteiger partial charge in [0.25, 0.3) is 5.91 Å². The normalized spacial score (nSPS) is 11.9. The van der Waals surface area contributed by atoms with Crippen LogP contribution in [0.5, 0.6) is 5.75 Å². The van der Waals surface area contributed by atoms with Crippen molar-refractivity contribution in [3.8, 4) is 28.0 Å². The number of carboxylic acids is 1. The molecule has 1 amide bonds. The fourth-order valence-corrected chi connectivity index (χ4v) is 4.42. The summed E-state index contributed by atoms with van der Waals surface area (Å²) in [6, 6.07) is 19.9. The van der Waals surface area contributed by atoms with Gasteiger partial charge in [-0.15, -0.1) is 0 Å². The number of nitrogens with one attached hydrogen (secondary N) is 1. The molecule has 0 aliphatic rings. The fourth-order valence-electron chi connectivity index (χ4n) is 4.42. The van der Waals surface area contributed by atoms with Crippen LogP contribution in [0.4, 0.5) is 0 Å². The van der Waals surface area contributed by atoms with Gasteiger partial charge in [0.05, 0.1) is 5.52 Å². The summed E-state index contributed by atoms with van der Waals surface area (Å²) in [4.78, 5) is 28.7. The topological polar surface area (TPSA) is 99.5 Å². The molecule has 0 fully saturated rings. The molecular formula is C32H34N2O4. The van der Waals surface area contributed by atoms with Gasteiger partial charge < -0.3 is 15.5 Å². The molecule has 1 heterocycles. The predicted octanol–water partition coefficient (Wildman–Crippen LogP) is 6.68. The third-order valence-electron chi connectivity index (χ3n) is 6.72. The number of carboxylic acid groups (broad SMARTS) is 1. The Morgan fingerprint density at radius 2 is 1.32 bits per heavy atom. The minimum Gasteiger partial charge on any atom is -0.506 e. The van der Waals surface area contributed by atoms with Crippen LogP contribution in [0.15, 0.2) is 66.9 Å². The lowest BCUT2D eigenvalue weighted by Gasteiger charge is -2.20. The van der Waals surface area contributed by atoms with Crippen molar-refractivity contribution in [2.45, 2.75) is 52.4 Å². The zero-order chi connectivity index (χ0) is 27.8. The van der Waals surface area contributed by atoms with E-state index in [0.29, 0.717) is 16.5 Å². The highest BCUT2D eigenvalue weighted by Crippen LogP contribution is 2.39. The number of carbonyl (C=O) groups excluding carboxylic acids is 1. The summed E-state index contributed by atoms with van der Waals surface area (Å²) < 4.78 is 0. The van der Waals surface area contributed by atoms with Crippen LogP contribution in [0, 0.1) is 0 Å². The number of carbonyl (C=O) groups is 2. The second-order valence-corrected chi connectivity index (χ2v) is 11.7. The molecule has 0 aliphatic heterocycles. The van der Waals surface area contributed by atoms with Gasteiger partial charge in [-0.1, -0.05) is 90.1 Å². The Morgan fingerprint density at radius 1 is 0.789 bits per heavy atom. The van der Waals surface area contributed by atoms with Crippen LogP contribution >= 0.6 is 0 Å². The van der Waals surface area contributed by atoms with Crippen LogP contribution < -0.4 is 5.32 Å². The van der Waals surface area contributed by atoms with E-state index >= 15 is 0 Å². The summed E-state index contributed by atoms with van der Waals surface area (Å²) in [6.45, 7) is 12.3. The van der Waals surface area contributed by atoms with Gasteiger partial charge in [-0.05, 0) is 45.2 Å². The Bertz CT molecular complexity index is 1510. The first-order valence-electron chi connectivity index (χ1n) is 12.6. The number of hydrogen-bond acceptors (Lipinski definition) is 4. The monoisotopic (exact) mass is 510 g/mol. The highest BCUT2D eigenvalue weighted by Gasteiger charge is 2.23. The largest absolute Gasteiger partial charge is 0.506 e. The van der Waals surface area contributed by atoms with Gasteiger partial charge in [-0.2, -0.15) is 0 Å². The average molecular weight is 511 g/mol. The number of rotatable bonds is 5. The number of phenols is 1. The van der Waals surface area contributed by atoms with Gasteiger partial charge in [0, 0.05) is 22.7 Å². The van der Waals surface area contributed by atoms with Crippen LogP contribution in [0.3, 0.4) is 0 Å². The molecule has 6 nitrogen and oxygen atoms in total. The van der Waals surface area contributed by atoms with Crippen molar-refractivity contribution in [3.63, 3.8) is 0 Å². The number of aromatic nitrogens is 1. The molecule has 3 N–H and O–H groups in total. The Kier molecular flexibility index (Phi) is 7.02. The molecule has 38 heavy (non-hydrogen) atoms. The van der Waals surface area contributed by atoms with Crippen molar-refractivity contribution in [1.29, 1.82) is 0 Å². The minimum atomic E-state index is -1.18. The van der Waals surface area contributed by atoms with Crippen LogP contribution in [0.25, 0.3) is 33.2 Å². The summed E-state index contributed by atoms with van der Waals surface area (Å²) >= 11 is 0. The van der Waals surface area contributed by atoms with Crippen LogP contribution in [0.2, 0.25) is 0 Å². The second-order valence-electron chi connectivity index (χ2n) is 11.7. The summed E-state index contributed by atoms with van der Waals surface area (Å²) in [7, 11) is 0. The number of benzene rings is 3. The molecule has 4 rings (SSSR count). The summed E-state index contributed by atoms with van der Waals surface area (Å²) in [5.74, 6) is -2.11. The molecule has 196 valence electrons. The number of aliphatic carboxylic acids is 1. The second kappa shape index (κ2) is 9.93. The molecule has 0 saturated heterocycles. The lowest BCUT2D eigenvalue weighted by Crippen LogP contribution is -2.29. The Labute approximate surface area is 223 Å². The summed E-state index contributed by atoms with van der Waals surface area (Å²) in [5, 5.41) is 23.3. The SMILES string of the molecule is CC(C)(C)c1ccc(-c2cnc3c(C(=O)NCC(=O)O)c(O)c(-c4ccc(C(C)(C)C)cc4)cc3c2)cc1. The number of pyridine rings is 1. The van der Waals surface area contributed by atoms with Gasteiger partial charge in [-0.3, -0.25) is 14.6 Å². The van der Waals surface area contributed by atoms with E-state index in [4.69, 9.17) is 5.11 Å². The lowest BCUT2D eigenvalue weighted by molar-refractivity contribution is -0.135. The highest BCUT2D eigenvalue weighted by molar-refractivity contribution is 6.11. The highest BCUT2D eigenvalue weighted by atomic mass is 16.4. The number of nitrogens with zero attached hydrogens (tertiary/aromatic N) is 1. The van der Waals surface area contributed by atoms with Crippen LogP contribution in [0.1, 0.15) is 63.0 Å². The van der Waals surface area contributed by atoms with E-state index in [1.807, 2.05) is 36.4 Å². The van der Waals surface area contributed by atoms with Crippen molar-refractivity contribution >= 4 is 22.8 Å². The third kappa shape index (κ3) is 5.54. The minimum absolute atomic E-state index is 0.0345. The van der Waals surface area contributed by atoms with Gasteiger partial charge in [0.1, 0.15) is 17.9 Å². The van der Waals surface area contributed by atoms with E-state index in [9.17, 15) is 14.7 Å². The molecule has 0 saturated carbocycles. The van der Waals surface area contributed by atoms with Crippen molar-refractivity contribution in [1.82, 2.24) is 10.3 Å². The number of hydrogen-bond donors (Lipinski definition) is 3. The van der Waals surface area contributed by atoms with Gasteiger partial charge in [-0.25, -0.2) is 0 Å². The van der Waals surface area contributed by atoms with E-state index in [1.165, 1.54) is 5.56 Å². The molecule has 4 aromatic rings. The zero-order valence-electron chi connectivity index (χ0n) is 22.7. The maximum Gasteiger partial charge on any atom is 0.322 e. The Balaban J connectivity index is 1.88. The molecule has 0 atom stereocenters. The Hall–Kier alpha value is -4.19. The van der Waals surface area contributed by atoms with Gasteiger partial charge in [0.15, 0.2) is 0 Å². The quantitative estimate of drug-likeness (QED) is 0.278. The molecule has 1 aromatic heterocycles. The zero-order valence-corrected chi connectivity index (χ0v) is 22.7. The molecule has 0 bridgehead atoms. The van der Waals surface area contributed by atoms with E-state index < -0.39 is 18.4 Å². The number of phenolic OH excluding ortho intramolecular Hbond substituents is 1. The van der Waals surface area contributed by atoms with Crippen molar-refractivity contribution in [2.24, 2.45) is 0 Å². The van der Waals surface area contributed by atoms with E-state index in [-0.39, 0.29) is 22.1 Å². The maximum absolute atomic E-state index is 13.1. The lowest BCUT2D eigenvalue weighted by atomic mass is 9.85. The molecule has 0 radical (unpaired) electrons. The fraction of sp³-hybridized carbons (Fsp3) is 0.281. The van der Waals surface area contributed by atoms with E-state index in [0.717, 1.165) is 22.3 Å². The molecule has 3 aromatic carbocycles. The maximum atomic E-state index is 13.1. The predicted molar refractivity (Wildman–Crippen MR) is 152 cm³/mol. The van der Waals surface area contributed by atoms with Crippen molar-refractivity contribution in [3.05, 3.63) is 83.6 Å². The molecule has 0 aliphatic carbocycles. The molecule has 0 unspecified atom stereocenters. The Morgan fingerprint density at radius 3 is 1.82 bits per heavy atom. The first-order chi connectivity index (χ1) is 17.8. The molecular weight excluding hydrogens is 476 g/mol. The first-order valence-corrected chi connectivity index (χ1v) is 12.6. The van der Waals surface area contributed by atoms with Crippen LogP contribution in [-0.4, -0.2) is 33.6 Å². The van der Waals surface area contributed by atoms with E-state index in [2.05, 4.69) is 76.1 Å². The van der Waals surface area contributed by atoms with Crippen molar-refractivity contribution in [2.75, 3.05) is 6.54 Å². The van der Waals surface area contributed by atoms with Gasteiger partial charge >= 0.3 is 5.97 Å². The van der Waals surface area contributed by atoms with Gasteiger partial charge in [0.2, 0.25) is 0 Å². The average Bonchev–Trinajstić information content (AvgIpc) is 2.86. The first kappa shape index (κ1) is 26.9. The number of fused-ring (bicyclic) bond motifs is 1. The smallest absolute Gasteiger partial charge is 0.322 e.